The molecule has 1 fully saturated rings. The van der Waals surface area contributed by atoms with Crippen LogP contribution in [0.2, 0.25) is 0 Å². The van der Waals surface area contributed by atoms with Crippen molar-refractivity contribution in [3.05, 3.63) is 45.7 Å². The van der Waals surface area contributed by atoms with Crippen LogP contribution in [-0.2, 0) is 4.74 Å². The summed E-state index contributed by atoms with van der Waals surface area (Å²) in [7, 11) is 0. The fraction of sp³-hybridized carbons (Fsp3) is 0.375. The lowest BCUT2D eigenvalue weighted by Crippen LogP contribution is -2.34. The van der Waals surface area contributed by atoms with Crippen molar-refractivity contribution in [2.45, 2.75) is 25.9 Å². The Morgan fingerprint density at radius 2 is 2.33 bits per heavy atom. The Kier molecular flexibility index (Phi) is 3.75. The van der Waals surface area contributed by atoms with Gasteiger partial charge in [0.15, 0.2) is 0 Å². The smallest absolute Gasteiger partial charge is 0.256 e. The summed E-state index contributed by atoms with van der Waals surface area (Å²) in [5.41, 5.74) is 1.71. The van der Waals surface area contributed by atoms with Gasteiger partial charge in [-0.25, -0.2) is 0 Å². The minimum atomic E-state index is -0.353. The van der Waals surface area contributed by atoms with Crippen molar-refractivity contribution in [1.29, 1.82) is 0 Å². The Labute approximate surface area is 122 Å². The van der Waals surface area contributed by atoms with Gasteiger partial charge in [0.05, 0.1) is 6.10 Å². The van der Waals surface area contributed by atoms with E-state index in [1.807, 2.05) is 19.1 Å². The molecule has 2 N–H and O–H groups in total. The van der Waals surface area contributed by atoms with Gasteiger partial charge in [-0.3, -0.25) is 9.59 Å². The summed E-state index contributed by atoms with van der Waals surface area (Å²) in [6.45, 7) is 3.15. The number of amides is 1. The van der Waals surface area contributed by atoms with E-state index >= 15 is 0 Å². The minimum absolute atomic E-state index is 0.0659. The van der Waals surface area contributed by atoms with Crippen molar-refractivity contribution >= 4 is 16.8 Å². The first kappa shape index (κ1) is 13.8. The van der Waals surface area contributed by atoms with E-state index in [4.69, 9.17) is 4.74 Å². The molecule has 1 aromatic heterocycles. The number of nitrogens with one attached hydrogen (secondary N) is 2. The third kappa shape index (κ3) is 2.83. The number of hydrogen-bond acceptors (Lipinski definition) is 3. The monoisotopic (exact) mass is 286 g/mol. The molecule has 1 atom stereocenters. The summed E-state index contributed by atoms with van der Waals surface area (Å²) < 4.78 is 5.45. The number of ether oxygens (including phenoxy) is 1. The van der Waals surface area contributed by atoms with Crippen LogP contribution in [0.25, 0.3) is 10.9 Å². The first-order valence-electron chi connectivity index (χ1n) is 7.17. The molecule has 0 bridgehead atoms. The van der Waals surface area contributed by atoms with Gasteiger partial charge < -0.3 is 15.0 Å². The molecular weight excluding hydrogens is 268 g/mol. The first-order valence-corrected chi connectivity index (χ1v) is 7.17. The van der Waals surface area contributed by atoms with Crippen LogP contribution >= 0.6 is 0 Å². The average Bonchev–Trinajstić information content (AvgIpc) is 2.98. The second kappa shape index (κ2) is 5.69. The van der Waals surface area contributed by atoms with E-state index in [2.05, 4.69) is 10.3 Å². The van der Waals surface area contributed by atoms with Gasteiger partial charge in [-0.1, -0.05) is 6.07 Å². The van der Waals surface area contributed by atoms with Gasteiger partial charge in [-0.05, 0) is 37.5 Å². The van der Waals surface area contributed by atoms with Crippen molar-refractivity contribution < 1.29 is 9.53 Å². The van der Waals surface area contributed by atoms with Crippen molar-refractivity contribution in [3.8, 4) is 0 Å². The molecule has 2 aromatic rings. The van der Waals surface area contributed by atoms with E-state index in [1.54, 1.807) is 6.07 Å². The van der Waals surface area contributed by atoms with Crippen molar-refractivity contribution in [1.82, 2.24) is 10.3 Å². The lowest BCUT2D eigenvalue weighted by Gasteiger charge is -2.10. The molecular formula is C16H18N2O3. The van der Waals surface area contributed by atoms with E-state index in [-0.39, 0.29) is 23.0 Å². The van der Waals surface area contributed by atoms with Crippen LogP contribution in [0.4, 0.5) is 0 Å². The molecule has 0 spiro atoms. The molecule has 0 aliphatic carbocycles. The van der Waals surface area contributed by atoms with Gasteiger partial charge in [-0.2, -0.15) is 0 Å². The highest BCUT2D eigenvalue weighted by Crippen LogP contribution is 2.12. The number of pyridine rings is 1. The van der Waals surface area contributed by atoms with Crippen molar-refractivity contribution in [2.75, 3.05) is 13.2 Å². The van der Waals surface area contributed by atoms with E-state index in [0.717, 1.165) is 30.5 Å². The van der Waals surface area contributed by atoms with Gasteiger partial charge in [0, 0.05) is 30.3 Å². The summed E-state index contributed by atoms with van der Waals surface area (Å²) in [5, 5.41) is 3.31. The van der Waals surface area contributed by atoms with Crippen LogP contribution in [0.1, 0.15) is 28.8 Å². The van der Waals surface area contributed by atoms with Crippen molar-refractivity contribution in [2.24, 2.45) is 0 Å². The molecule has 0 saturated carbocycles. The molecule has 3 rings (SSSR count). The highest BCUT2D eigenvalue weighted by atomic mass is 16.5. The molecule has 1 aliphatic rings. The van der Waals surface area contributed by atoms with E-state index in [1.165, 1.54) is 6.20 Å². The predicted molar refractivity (Wildman–Crippen MR) is 80.6 cm³/mol. The second-order valence-corrected chi connectivity index (χ2v) is 5.43. The molecule has 2 heterocycles. The molecule has 1 amide bonds. The summed E-state index contributed by atoms with van der Waals surface area (Å²) in [6.07, 6.45) is 3.52. The Balaban J connectivity index is 1.82. The molecule has 21 heavy (non-hydrogen) atoms. The molecule has 1 unspecified atom stereocenters. The highest BCUT2D eigenvalue weighted by Gasteiger charge is 2.18. The van der Waals surface area contributed by atoms with E-state index < -0.39 is 0 Å². The van der Waals surface area contributed by atoms with Gasteiger partial charge in [0.1, 0.15) is 5.56 Å². The summed E-state index contributed by atoms with van der Waals surface area (Å²) in [5.74, 6) is -0.353. The van der Waals surface area contributed by atoms with Crippen LogP contribution in [0.3, 0.4) is 0 Å². The molecule has 1 aromatic carbocycles. The Bertz CT molecular complexity index is 730. The Morgan fingerprint density at radius 1 is 1.48 bits per heavy atom. The lowest BCUT2D eigenvalue weighted by molar-refractivity contribution is 0.0857. The standard InChI is InChI=1S/C16H18N2O3/c1-10-4-5-12-14(7-10)17-9-13(15(12)19)16(20)18-8-11-3-2-6-21-11/h4-5,7,9,11H,2-3,6,8H2,1H3,(H,17,19)(H,18,20). The van der Waals surface area contributed by atoms with Crippen LogP contribution < -0.4 is 10.7 Å². The van der Waals surface area contributed by atoms with E-state index in [0.29, 0.717) is 11.9 Å². The number of rotatable bonds is 3. The number of aryl methyl sites for hydroxylation is 1. The SMILES string of the molecule is Cc1ccc2c(=O)c(C(=O)NCC3CCCO3)c[nH]c2c1. The maximum Gasteiger partial charge on any atom is 0.256 e. The topological polar surface area (TPSA) is 71.2 Å². The summed E-state index contributed by atoms with van der Waals surface area (Å²) in [4.78, 5) is 27.5. The van der Waals surface area contributed by atoms with Crippen LogP contribution in [0.5, 0.6) is 0 Å². The number of H-pyrrole nitrogens is 1. The van der Waals surface area contributed by atoms with Crippen LogP contribution in [0.15, 0.2) is 29.2 Å². The Morgan fingerprint density at radius 3 is 3.10 bits per heavy atom. The van der Waals surface area contributed by atoms with Gasteiger partial charge in [0.25, 0.3) is 5.91 Å². The number of hydrogen-bond donors (Lipinski definition) is 2. The summed E-state index contributed by atoms with van der Waals surface area (Å²) in [6, 6.07) is 5.51. The van der Waals surface area contributed by atoms with Gasteiger partial charge in [-0.15, -0.1) is 0 Å². The lowest BCUT2D eigenvalue weighted by atomic mass is 10.1. The summed E-state index contributed by atoms with van der Waals surface area (Å²) >= 11 is 0. The molecule has 5 nitrogen and oxygen atoms in total. The van der Waals surface area contributed by atoms with Gasteiger partial charge >= 0.3 is 0 Å². The van der Waals surface area contributed by atoms with Crippen LogP contribution in [-0.4, -0.2) is 30.1 Å². The molecule has 110 valence electrons. The predicted octanol–water partition coefficient (Wildman–Crippen LogP) is 1.75. The zero-order valence-corrected chi connectivity index (χ0v) is 11.9. The number of aromatic amines is 1. The maximum absolute atomic E-state index is 12.4. The molecule has 1 aliphatic heterocycles. The van der Waals surface area contributed by atoms with Gasteiger partial charge in [0.2, 0.25) is 5.43 Å². The quantitative estimate of drug-likeness (QED) is 0.903. The minimum Gasteiger partial charge on any atom is -0.376 e. The fourth-order valence-corrected chi connectivity index (χ4v) is 2.61. The van der Waals surface area contributed by atoms with Crippen molar-refractivity contribution in [3.63, 3.8) is 0 Å². The maximum atomic E-state index is 12.4. The van der Waals surface area contributed by atoms with E-state index in [9.17, 15) is 9.59 Å². The zero-order chi connectivity index (χ0) is 14.8. The number of fused-ring (bicyclic) bond motifs is 1. The normalized spacial score (nSPS) is 18.0. The molecule has 5 heteroatoms. The zero-order valence-electron chi connectivity index (χ0n) is 11.9. The molecule has 1 saturated heterocycles. The highest BCUT2D eigenvalue weighted by molar-refractivity contribution is 5.97. The first-order chi connectivity index (χ1) is 10.1. The third-order valence-corrected chi connectivity index (χ3v) is 3.80. The average molecular weight is 286 g/mol. The number of aromatic nitrogens is 1. The number of carbonyl (C=O) groups is 1. The Hall–Kier alpha value is -2.14. The second-order valence-electron chi connectivity index (χ2n) is 5.43. The largest absolute Gasteiger partial charge is 0.376 e. The number of benzene rings is 1. The molecule has 0 radical (unpaired) electrons. The number of carbonyl (C=O) groups excluding carboxylic acids is 1. The fourth-order valence-electron chi connectivity index (χ4n) is 2.61. The van der Waals surface area contributed by atoms with Crippen LogP contribution in [0, 0.1) is 6.92 Å². The third-order valence-electron chi connectivity index (χ3n) is 3.80.